The summed E-state index contributed by atoms with van der Waals surface area (Å²) in [6, 6.07) is 5.62. The zero-order valence-corrected chi connectivity index (χ0v) is 13.8. The van der Waals surface area contributed by atoms with Crippen LogP contribution in [-0.2, 0) is 0 Å². The molecule has 0 spiro atoms. The molecule has 5 nitrogen and oxygen atoms in total. The second-order valence-electron chi connectivity index (χ2n) is 5.76. The first-order valence-corrected chi connectivity index (χ1v) is 7.47. The Morgan fingerprint density at radius 3 is 2.23 bits per heavy atom. The molecule has 4 rings (SSSR count). The van der Waals surface area contributed by atoms with Crippen LogP contribution in [0.4, 0.5) is 0 Å². The van der Waals surface area contributed by atoms with Gasteiger partial charge < -0.3 is 19.7 Å². The number of hydrogen-bond donors (Lipinski definition) is 1. The van der Waals surface area contributed by atoms with Crippen molar-refractivity contribution in [2.24, 2.45) is 5.92 Å². The van der Waals surface area contributed by atoms with Crippen molar-refractivity contribution in [3.8, 4) is 11.5 Å². The number of nitrogens with zero attached hydrogens (tertiary/aromatic N) is 1. The van der Waals surface area contributed by atoms with Crippen LogP contribution < -0.4 is 14.8 Å². The molecule has 0 radical (unpaired) electrons. The van der Waals surface area contributed by atoms with Gasteiger partial charge in [0.25, 0.3) is 5.91 Å². The lowest BCUT2D eigenvalue weighted by atomic mass is 9.84. The smallest absolute Gasteiger partial charge is 0.259 e. The van der Waals surface area contributed by atoms with Gasteiger partial charge in [0.2, 0.25) is 0 Å². The summed E-state index contributed by atoms with van der Waals surface area (Å²) >= 11 is 0. The lowest BCUT2D eigenvalue weighted by molar-refractivity contribution is 0.0617. The highest BCUT2D eigenvalue weighted by Crippen LogP contribution is 2.31. The summed E-state index contributed by atoms with van der Waals surface area (Å²) in [5.74, 6) is 1.59. The standard InChI is InChI=1S/C16H22N2O3.ClH/c1-20-13-4-3-5-14(21-2)15(13)16(19)17-12-10-18-8-6-11(12)7-9-18;/h3-5,11-12H,6-10H2,1-2H3,(H,17,19);1H. The van der Waals surface area contributed by atoms with Gasteiger partial charge in [-0.1, -0.05) is 6.07 Å². The molecular weight excluding hydrogens is 304 g/mol. The van der Waals surface area contributed by atoms with E-state index in [-0.39, 0.29) is 24.4 Å². The number of nitrogens with one attached hydrogen (secondary N) is 1. The van der Waals surface area contributed by atoms with Gasteiger partial charge in [-0.25, -0.2) is 0 Å². The molecule has 3 aliphatic heterocycles. The Hall–Kier alpha value is -1.46. The molecule has 1 atom stereocenters. The zero-order valence-electron chi connectivity index (χ0n) is 13.0. The molecule has 1 unspecified atom stereocenters. The van der Waals surface area contributed by atoms with E-state index in [0.717, 1.165) is 19.6 Å². The molecule has 1 N–H and O–H groups in total. The second kappa shape index (κ2) is 7.20. The van der Waals surface area contributed by atoms with Gasteiger partial charge in [-0.15, -0.1) is 12.4 Å². The molecule has 0 saturated carbocycles. The minimum Gasteiger partial charge on any atom is -0.496 e. The molecule has 3 heterocycles. The Labute approximate surface area is 137 Å². The number of halogens is 1. The summed E-state index contributed by atoms with van der Waals surface area (Å²) in [5, 5.41) is 3.18. The predicted molar refractivity (Wildman–Crippen MR) is 87.2 cm³/mol. The Morgan fingerprint density at radius 1 is 1.18 bits per heavy atom. The van der Waals surface area contributed by atoms with Crippen LogP contribution in [-0.4, -0.2) is 50.7 Å². The van der Waals surface area contributed by atoms with Crippen molar-refractivity contribution >= 4 is 18.3 Å². The SMILES string of the molecule is COc1cccc(OC)c1C(=O)NC1CN2CCC1CC2.Cl. The van der Waals surface area contributed by atoms with E-state index in [1.54, 1.807) is 26.4 Å². The van der Waals surface area contributed by atoms with E-state index in [2.05, 4.69) is 10.2 Å². The number of methoxy groups -OCH3 is 2. The number of piperidine rings is 3. The van der Waals surface area contributed by atoms with Crippen LogP contribution in [0.3, 0.4) is 0 Å². The van der Waals surface area contributed by atoms with Gasteiger partial charge >= 0.3 is 0 Å². The van der Waals surface area contributed by atoms with Crippen LogP contribution >= 0.6 is 12.4 Å². The Kier molecular flexibility index (Phi) is 5.53. The third kappa shape index (κ3) is 3.15. The van der Waals surface area contributed by atoms with Gasteiger partial charge in [-0.05, 0) is 44.0 Å². The predicted octanol–water partition coefficient (Wildman–Crippen LogP) is 1.95. The van der Waals surface area contributed by atoms with Crippen LogP contribution in [0.25, 0.3) is 0 Å². The van der Waals surface area contributed by atoms with E-state index >= 15 is 0 Å². The highest BCUT2D eigenvalue weighted by atomic mass is 35.5. The molecule has 2 bridgehead atoms. The maximum Gasteiger partial charge on any atom is 0.259 e. The highest BCUT2D eigenvalue weighted by Gasteiger charge is 2.35. The van der Waals surface area contributed by atoms with Gasteiger partial charge in [0.05, 0.1) is 14.2 Å². The number of amides is 1. The highest BCUT2D eigenvalue weighted by molar-refractivity contribution is 6.00. The quantitative estimate of drug-likeness (QED) is 0.919. The lowest BCUT2D eigenvalue weighted by Crippen LogP contribution is -2.57. The van der Waals surface area contributed by atoms with Crippen molar-refractivity contribution in [2.75, 3.05) is 33.9 Å². The number of rotatable bonds is 4. The van der Waals surface area contributed by atoms with Crippen LogP contribution in [0.1, 0.15) is 23.2 Å². The van der Waals surface area contributed by atoms with E-state index in [4.69, 9.17) is 9.47 Å². The topological polar surface area (TPSA) is 50.8 Å². The first-order chi connectivity index (χ1) is 10.2. The molecule has 122 valence electrons. The summed E-state index contributed by atoms with van der Waals surface area (Å²) in [6.45, 7) is 3.28. The van der Waals surface area contributed by atoms with Gasteiger partial charge in [0.1, 0.15) is 17.1 Å². The van der Waals surface area contributed by atoms with Gasteiger partial charge in [-0.3, -0.25) is 4.79 Å². The van der Waals surface area contributed by atoms with Gasteiger partial charge in [-0.2, -0.15) is 0 Å². The number of carbonyl (C=O) groups is 1. The molecular formula is C16H23ClN2O3. The third-order valence-corrected chi connectivity index (χ3v) is 4.63. The molecule has 0 aromatic heterocycles. The molecule has 3 aliphatic rings. The summed E-state index contributed by atoms with van der Waals surface area (Å²) in [5.41, 5.74) is 0.485. The lowest BCUT2D eigenvalue weighted by Gasteiger charge is -2.44. The monoisotopic (exact) mass is 326 g/mol. The van der Waals surface area contributed by atoms with Gasteiger partial charge in [0.15, 0.2) is 0 Å². The maximum atomic E-state index is 12.7. The minimum atomic E-state index is -0.108. The molecule has 6 heteroatoms. The van der Waals surface area contributed by atoms with Crippen molar-refractivity contribution in [2.45, 2.75) is 18.9 Å². The van der Waals surface area contributed by atoms with Crippen molar-refractivity contribution in [3.05, 3.63) is 23.8 Å². The average Bonchev–Trinajstić information content (AvgIpc) is 2.55. The van der Waals surface area contributed by atoms with Crippen LogP contribution in [0.5, 0.6) is 11.5 Å². The van der Waals surface area contributed by atoms with E-state index in [1.807, 2.05) is 6.07 Å². The molecule has 3 fully saturated rings. The fourth-order valence-corrected chi connectivity index (χ4v) is 3.44. The van der Waals surface area contributed by atoms with Crippen molar-refractivity contribution in [1.82, 2.24) is 10.2 Å². The number of carbonyl (C=O) groups excluding carboxylic acids is 1. The summed E-state index contributed by atoms with van der Waals surface area (Å²) < 4.78 is 10.6. The van der Waals surface area contributed by atoms with Crippen molar-refractivity contribution in [3.63, 3.8) is 0 Å². The number of fused-ring (bicyclic) bond motifs is 3. The Balaban J connectivity index is 0.00000176. The second-order valence-corrected chi connectivity index (χ2v) is 5.76. The van der Waals surface area contributed by atoms with Gasteiger partial charge in [0, 0.05) is 12.6 Å². The summed E-state index contributed by atoms with van der Waals surface area (Å²) in [6.07, 6.45) is 2.35. The molecule has 1 aromatic carbocycles. The van der Waals surface area contributed by atoms with E-state index in [0.29, 0.717) is 23.0 Å². The average molecular weight is 327 g/mol. The molecule has 1 aromatic rings. The summed E-state index contributed by atoms with van der Waals surface area (Å²) in [7, 11) is 3.14. The molecule has 1 amide bonds. The van der Waals surface area contributed by atoms with E-state index in [1.165, 1.54) is 12.8 Å². The summed E-state index contributed by atoms with van der Waals surface area (Å²) in [4.78, 5) is 15.1. The molecule has 0 aliphatic carbocycles. The number of benzene rings is 1. The molecule has 3 saturated heterocycles. The van der Waals surface area contributed by atoms with Crippen LogP contribution in [0, 0.1) is 5.92 Å². The Morgan fingerprint density at radius 2 is 1.77 bits per heavy atom. The number of ether oxygens (including phenoxy) is 2. The van der Waals surface area contributed by atoms with Crippen molar-refractivity contribution < 1.29 is 14.3 Å². The first kappa shape index (κ1) is 16.9. The molecule has 22 heavy (non-hydrogen) atoms. The number of hydrogen-bond acceptors (Lipinski definition) is 4. The van der Waals surface area contributed by atoms with Crippen LogP contribution in [0.15, 0.2) is 18.2 Å². The third-order valence-electron chi connectivity index (χ3n) is 4.63. The normalized spacial score (nSPS) is 26.0. The minimum absolute atomic E-state index is 0. The fourth-order valence-electron chi connectivity index (χ4n) is 3.44. The van der Waals surface area contributed by atoms with Crippen LogP contribution in [0.2, 0.25) is 0 Å². The fraction of sp³-hybridized carbons (Fsp3) is 0.562. The first-order valence-electron chi connectivity index (χ1n) is 7.47. The largest absolute Gasteiger partial charge is 0.496 e. The zero-order chi connectivity index (χ0) is 14.8. The van der Waals surface area contributed by atoms with Crippen molar-refractivity contribution in [1.29, 1.82) is 0 Å². The maximum absolute atomic E-state index is 12.7. The van der Waals surface area contributed by atoms with E-state index in [9.17, 15) is 4.79 Å². The Bertz CT molecular complexity index is 508. The van der Waals surface area contributed by atoms with E-state index < -0.39 is 0 Å².